The third-order valence-corrected chi connectivity index (χ3v) is 4.68. The molecule has 1 amide bonds. The van der Waals surface area contributed by atoms with E-state index in [1.54, 1.807) is 24.3 Å². The van der Waals surface area contributed by atoms with Crippen LogP contribution in [0.4, 0.5) is 0 Å². The van der Waals surface area contributed by atoms with Crippen molar-refractivity contribution in [2.45, 2.75) is 12.8 Å². The van der Waals surface area contributed by atoms with E-state index < -0.39 is 0 Å². The molecule has 0 N–H and O–H groups in total. The standard InChI is InChI=1S/C20H18ClN3O3/c21-16-8-6-14(7-9-16)20-22-19(23-27-20)15-4-3-5-17(12-15)26-13-18(25)24-10-1-2-11-24/h3-9,12H,1-2,10-11,13H2. The minimum absolute atomic E-state index is 0.0162. The third-order valence-electron chi connectivity index (χ3n) is 4.43. The van der Waals surface area contributed by atoms with Crippen LogP contribution in [0.1, 0.15) is 12.8 Å². The lowest BCUT2D eigenvalue weighted by atomic mass is 10.2. The normalized spacial score (nSPS) is 13.7. The van der Waals surface area contributed by atoms with Gasteiger partial charge in [0.25, 0.3) is 11.8 Å². The summed E-state index contributed by atoms with van der Waals surface area (Å²) in [5.41, 5.74) is 1.55. The van der Waals surface area contributed by atoms with E-state index in [0.29, 0.717) is 22.5 Å². The Hall–Kier alpha value is -2.86. The van der Waals surface area contributed by atoms with Crippen LogP contribution < -0.4 is 4.74 Å². The van der Waals surface area contributed by atoms with Crippen molar-refractivity contribution in [1.82, 2.24) is 15.0 Å². The summed E-state index contributed by atoms with van der Waals surface area (Å²) in [6, 6.07) is 14.5. The lowest BCUT2D eigenvalue weighted by molar-refractivity contribution is -0.132. The lowest BCUT2D eigenvalue weighted by Gasteiger charge is -2.15. The first-order valence-electron chi connectivity index (χ1n) is 8.80. The van der Waals surface area contributed by atoms with Gasteiger partial charge >= 0.3 is 0 Å². The van der Waals surface area contributed by atoms with Gasteiger partial charge in [-0.1, -0.05) is 28.9 Å². The highest BCUT2D eigenvalue weighted by molar-refractivity contribution is 6.30. The average molecular weight is 384 g/mol. The Kier molecular flexibility index (Phi) is 5.07. The molecule has 1 aliphatic heterocycles. The van der Waals surface area contributed by atoms with E-state index in [2.05, 4.69) is 10.1 Å². The molecule has 3 aromatic rings. The third kappa shape index (κ3) is 4.11. The number of likely N-dealkylation sites (tertiary alicyclic amines) is 1. The van der Waals surface area contributed by atoms with Crippen molar-refractivity contribution in [3.8, 4) is 28.6 Å². The molecule has 27 heavy (non-hydrogen) atoms. The Balaban J connectivity index is 1.46. The van der Waals surface area contributed by atoms with Crippen molar-refractivity contribution in [2.75, 3.05) is 19.7 Å². The van der Waals surface area contributed by atoms with E-state index in [-0.39, 0.29) is 12.5 Å². The fourth-order valence-corrected chi connectivity index (χ4v) is 3.10. The van der Waals surface area contributed by atoms with E-state index >= 15 is 0 Å². The summed E-state index contributed by atoms with van der Waals surface area (Å²) in [4.78, 5) is 18.4. The van der Waals surface area contributed by atoms with Gasteiger partial charge < -0.3 is 14.2 Å². The maximum Gasteiger partial charge on any atom is 0.260 e. The van der Waals surface area contributed by atoms with E-state index in [9.17, 15) is 4.79 Å². The summed E-state index contributed by atoms with van der Waals surface area (Å²) in [6.07, 6.45) is 2.13. The number of amides is 1. The van der Waals surface area contributed by atoms with Crippen molar-refractivity contribution in [3.05, 3.63) is 53.6 Å². The highest BCUT2D eigenvalue weighted by Gasteiger charge is 2.18. The van der Waals surface area contributed by atoms with Crippen molar-refractivity contribution in [2.24, 2.45) is 0 Å². The highest BCUT2D eigenvalue weighted by Crippen LogP contribution is 2.25. The first-order chi connectivity index (χ1) is 13.2. The number of aromatic nitrogens is 2. The Morgan fingerprint density at radius 3 is 2.67 bits per heavy atom. The molecule has 1 fully saturated rings. The molecule has 1 saturated heterocycles. The molecule has 138 valence electrons. The van der Waals surface area contributed by atoms with Crippen LogP contribution in [-0.2, 0) is 4.79 Å². The number of halogens is 1. The van der Waals surface area contributed by atoms with Crippen LogP contribution in [0.3, 0.4) is 0 Å². The van der Waals surface area contributed by atoms with Gasteiger partial charge in [0.05, 0.1) is 0 Å². The molecular formula is C20H18ClN3O3. The largest absolute Gasteiger partial charge is 0.484 e. The Bertz CT molecular complexity index is 934. The molecule has 2 heterocycles. The SMILES string of the molecule is O=C(COc1cccc(-c2noc(-c3ccc(Cl)cc3)n2)c1)N1CCCC1. The first kappa shape index (κ1) is 17.5. The number of rotatable bonds is 5. The lowest BCUT2D eigenvalue weighted by Crippen LogP contribution is -2.32. The van der Waals surface area contributed by atoms with Crippen LogP contribution in [0.15, 0.2) is 53.1 Å². The van der Waals surface area contributed by atoms with E-state index in [1.807, 2.05) is 29.2 Å². The number of benzene rings is 2. The highest BCUT2D eigenvalue weighted by atomic mass is 35.5. The summed E-state index contributed by atoms with van der Waals surface area (Å²) in [6.45, 7) is 1.67. The fraction of sp³-hybridized carbons (Fsp3) is 0.250. The Labute approximate surface area is 161 Å². The number of carbonyl (C=O) groups excluding carboxylic acids is 1. The molecule has 1 aliphatic rings. The van der Waals surface area contributed by atoms with Crippen LogP contribution >= 0.6 is 11.6 Å². The first-order valence-corrected chi connectivity index (χ1v) is 9.17. The predicted octanol–water partition coefficient (Wildman–Crippen LogP) is 4.06. The minimum Gasteiger partial charge on any atom is -0.484 e. The second-order valence-electron chi connectivity index (χ2n) is 6.33. The van der Waals surface area contributed by atoms with E-state index in [4.69, 9.17) is 20.9 Å². The quantitative estimate of drug-likeness (QED) is 0.664. The smallest absolute Gasteiger partial charge is 0.260 e. The molecule has 0 saturated carbocycles. The minimum atomic E-state index is 0.0162. The molecular weight excluding hydrogens is 366 g/mol. The van der Waals surface area contributed by atoms with Gasteiger partial charge in [-0.3, -0.25) is 4.79 Å². The molecule has 0 unspecified atom stereocenters. The van der Waals surface area contributed by atoms with Gasteiger partial charge in [0.15, 0.2) is 6.61 Å². The molecule has 4 rings (SSSR count). The zero-order valence-electron chi connectivity index (χ0n) is 14.6. The van der Waals surface area contributed by atoms with Crippen molar-refractivity contribution >= 4 is 17.5 Å². The molecule has 1 aromatic heterocycles. The molecule has 0 atom stereocenters. The number of nitrogens with zero attached hydrogens (tertiary/aromatic N) is 3. The number of hydrogen-bond acceptors (Lipinski definition) is 5. The zero-order chi connectivity index (χ0) is 18.6. The maximum absolute atomic E-state index is 12.1. The predicted molar refractivity (Wildman–Crippen MR) is 101 cm³/mol. The van der Waals surface area contributed by atoms with Gasteiger partial charge in [0.1, 0.15) is 5.75 Å². The molecule has 2 aromatic carbocycles. The van der Waals surface area contributed by atoms with Crippen LogP contribution in [-0.4, -0.2) is 40.6 Å². The van der Waals surface area contributed by atoms with Gasteiger partial charge in [0, 0.05) is 29.2 Å². The summed E-state index contributed by atoms with van der Waals surface area (Å²) in [5.74, 6) is 1.48. The molecule has 6 nitrogen and oxygen atoms in total. The van der Waals surface area contributed by atoms with Gasteiger partial charge in [0.2, 0.25) is 5.82 Å². The molecule has 0 radical (unpaired) electrons. The van der Waals surface area contributed by atoms with Gasteiger partial charge in [-0.2, -0.15) is 4.98 Å². The summed E-state index contributed by atoms with van der Waals surface area (Å²) in [7, 11) is 0. The molecule has 0 aliphatic carbocycles. The van der Waals surface area contributed by atoms with Crippen molar-refractivity contribution < 1.29 is 14.1 Å². The van der Waals surface area contributed by atoms with Crippen molar-refractivity contribution in [1.29, 1.82) is 0 Å². The van der Waals surface area contributed by atoms with Crippen molar-refractivity contribution in [3.63, 3.8) is 0 Å². The number of hydrogen-bond donors (Lipinski definition) is 0. The molecule has 0 bridgehead atoms. The molecule has 0 spiro atoms. The second-order valence-corrected chi connectivity index (χ2v) is 6.77. The Morgan fingerprint density at radius 1 is 1.11 bits per heavy atom. The maximum atomic E-state index is 12.1. The van der Waals surface area contributed by atoms with Crippen LogP contribution in [0, 0.1) is 0 Å². The van der Waals surface area contributed by atoms with Crippen LogP contribution in [0.5, 0.6) is 5.75 Å². The van der Waals surface area contributed by atoms with E-state index in [1.165, 1.54) is 0 Å². The fourth-order valence-electron chi connectivity index (χ4n) is 2.98. The topological polar surface area (TPSA) is 68.5 Å². The number of ether oxygens (including phenoxy) is 1. The molecule has 7 heteroatoms. The second kappa shape index (κ2) is 7.80. The van der Waals surface area contributed by atoms with Crippen LogP contribution in [0.25, 0.3) is 22.8 Å². The monoisotopic (exact) mass is 383 g/mol. The van der Waals surface area contributed by atoms with Gasteiger partial charge in [-0.05, 0) is 49.2 Å². The Morgan fingerprint density at radius 2 is 1.89 bits per heavy atom. The van der Waals surface area contributed by atoms with Crippen LogP contribution in [0.2, 0.25) is 5.02 Å². The summed E-state index contributed by atoms with van der Waals surface area (Å²) < 4.78 is 11.0. The summed E-state index contributed by atoms with van der Waals surface area (Å²) >= 11 is 5.90. The summed E-state index contributed by atoms with van der Waals surface area (Å²) in [5, 5.41) is 4.68. The van der Waals surface area contributed by atoms with E-state index in [0.717, 1.165) is 37.1 Å². The average Bonchev–Trinajstić information content (AvgIpc) is 3.39. The number of carbonyl (C=O) groups is 1. The zero-order valence-corrected chi connectivity index (χ0v) is 15.4. The van der Waals surface area contributed by atoms with Gasteiger partial charge in [-0.15, -0.1) is 0 Å². The van der Waals surface area contributed by atoms with Gasteiger partial charge in [-0.25, -0.2) is 0 Å².